The van der Waals surface area contributed by atoms with E-state index in [0.29, 0.717) is 18.7 Å². The van der Waals surface area contributed by atoms with Crippen molar-refractivity contribution >= 4 is 0 Å². The number of hydrogen-bond acceptors (Lipinski definition) is 3. The predicted molar refractivity (Wildman–Crippen MR) is 78.9 cm³/mol. The second kappa shape index (κ2) is 7.04. The third-order valence-corrected chi connectivity index (χ3v) is 4.31. The van der Waals surface area contributed by atoms with E-state index in [0.717, 1.165) is 13.0 Å². The van der Waals surface area contributed by atoms with E-state index in [-0.39, 0.29) is 0 Å². The van der Waals surface area contributed by atoms with Gasteiger partial charge in [-0.2, -0.15) is 0 Å². The third kappa shape index (κ3) is 3.78. The first-order valence-electron chi connectivity index (χ1n) is 7.24. The maximum absolute atomic E-state index is 5.81. The molecule has 1 aliphatic rings. The molecule has 2 atom stereocenters. The lowest BCUT2D eigenvalue weighted by Crippen LogP contribution is -2.38. The smallest absolute Gasteiger partial charge is 0.0586 e. The summed E-state index contributed by atoms with van der Waals surface area (Å²) >= 11 is 0. The van der Waals surface area contributed by atoms with Gasteiger partial charge in [-0.25, -0.2) is 0 Å². The Bertz CT molecular complexity index is 394. The second-order valence-corrected chi connectivity index (χ2v) is 5.57. The minimum Gasteiger partial charge on any atom is -0.381 e. The zero-order valence-electron chi connectivity index (χ0n) is 12.1. The van der Waals surface area contributed by atoms with Crippen molar-refractivity contribution in [1.82, 2.24) is 4.90 Å². The van der Waals surface area contributed by atoms with Crippen LogP contribution in [0.15, 0.2) is 24.3 Å². The summed E-state index contributed by atoms with van der Waals surface area (Å²) in [6.45, 7) is 1.60. The Labute approximate surface area is 116 Å². The van der Waals surface area contributed by atoms with Gasteiger partial charge in [-0.3, -0.25) is 4.90 Å². The van der Waals surface area contributed by atoms with Gasteiger partial charge in [0.1, 0.15) is 0 Å². The highest BCUT2D eigenvalue weighted by atomic mass is 16.5. The first-order valence-corrected chi connectivity index (χ1v) is 7.24. The van der Waals surface area contributed by atoms with Crippen molar-refractivity contribution in [2.24, 2.45) is 5.73 Å². The average Bonchev–Trinajstić information content (AvgIpc) is 2.47. The lowest BCUT2D eigenvalue weighted by Gasteiger charge is -2.35. The summed E-state index contributed by atoms with van der Waals surface area (Å²) in [5.41, 5.74) is 8.42. The number of ether oxygens (including phenoxy) is 1. The number of methoxy groups -OCH3 is 1. The molecule has 0 heterocycles. The molecule has 1 aliphatic carbocycles. The number of hydrogen-bond donors (Lipinski definition) is 1. The van der Waals surface area contributed by atoms with Crippen molar-refractivity contribution in [2.75, 3.05) is 14.2 Å². The van der Waals surface area contributed by atoms with E-state index >= 15 is 0 Å². The molecule has 2 rings (SSSR count). The Morgan fingerprint density at radius 2 is 2.00 bits per heavy atom. The van der Waals surface area contributed by atoms with Gasteiger partial charge in [0.25, 0.3) is 0 Å². The van der Waals surface area contributed by atoms with E-state index in [1.807, 2.05) is 7.11 Å². The van der Waals surface area contributed by atoms with Crippen LogP contribution < -0.4 is 5.73 Å². The maximum atomic E-state index is 5.81. The molecular formula is C16H26N2O. The molecule has 1 aromatic rings. The summed E-state index contributed by atoms with van der Waals surface area (Å²) in [4.78, 5) is 2.46. The molecule has 0 amide bonds. The van der Waals surface area contributed by atoms with Crippen LogP contribution in [-0.2, 0) is 17.8 Å². The molecule has 0 aliphatic heterocycles. The van der Waals surface area contributed by atoms with Crippen molar-refractivity contribution in [2.45, 2.75) is 50.9 Å². The largest absolute Gasteiger partial charge is 0.381 e. The van der Waals surface area contributed by atoms with E-state index in [1.165, 1.54) is 30.4 Å². The quantitative estimate of drug-likeness (QED) is 0.886. The van der Waals surface area contributed by atoms with E-state index in [1.54, 1.807) is 0 Å². The van der Waals surface area contributed by atoms with Gasteiger partial charge in [0.2, 0.25) is 0 Å². The van der Waals surface area contributed by atoms with Crippen LogP contribution in [0.4, 0.5) is 0 Å². The summed E-state index contributed by atoms with van der Waals surface area (Å²) in [6, 6.07) is 9.11. The fraction of sp³-hybridized carbons (Fsp3) is 0.625. The lowest BCUT2D eigenvalue weighted by atomic mass is 9.91. The summed E-state index contributed by atoms with van der Waals surface area (Å²) in [5, 5.41) is 0. The van der Waals surface area contributed by atoms with Crippen LogP contribution in [-0.4, -0.2) is 31.2 Å². The first kappa shape index (κ1) is 14.5. The number of rotatable bonds is 5. The maximum Gasteiger partial charge on any atom is 0.0586 e. The predicted octanol–water partition coefficient (Wildman–Crippen LogP) is 2.53. The summed E-state index contributed by atoms with van der Waals surface area (Å²) in [7, 11) is 4.05. The van der Waals surface area contributed by atoms with Crippen LogP contribution in [0.5, 0.6) is 0 Å². The molecule has 3 heteroatoms. The highest BCUT2D eigenvalue weighted by Crippen LogP contribution is 2.25. The number of benzene rings is 1. The van der Waals surface area contributed by atoms with E-state index in [2.05, 4.69) is 36.2 Å². The Morgan fingerprint density at radius 3 is 2.68 bits per heavy atom. The molecule has 0 aromatic heterocycles. The fourth-order valence-corrected chi connectivity index (χ4v) is 3.04. The minimum absolute atomic E-state index is 0.436. The molecular weight excluding hydrogens is 236 g/mol. The molecule has 1 fully saturated rings. The zero-order chi connectivity index (χ0) is 13.7. The van der Waals surface area contributed by atoms with E-state index in [4.69, 9.17) is 10.5 Å². The molecule has 0 radical (unpaired) electrons. The Balaban J connectivity index is 1.98. The van der Waals surface area contributed by atoms with Crippen LogP contribution in [0.2, 0.25) is 0 Å². The second-order valence-electron chi connectivity index (χ2n) is 5.57. The van der Waals surface area contributed by atoms with Gasteiger partial charge in [-0.15, -0.1) is 0 Å². The fourth-order valence-electron chi connectivity index (χ4n) is 3.04. The molecule has 19 heavy (non-hydrogen) atoms. The zero-order valence-corrected chi connectivity index (χ0v) is 12.1. The standard InChI is InChI=1S/C16H26N2O/c1-18(15-8-5-9-16(10-15)19-2)12-14-7-4-3-6-13(14)11-17/h3-4,6-7,15-16H,5,8-12,17H2,1-2H3. The molecule has 0 saturated heterocycles. The Morgan fingerprint density at radius 1 is 1.26 bits per heavy atom. The first-order chi connectivity index (χ1) is 9.24. The normalized spacial score (nSPS) is 23.8. The third-order valence-electron chi connectivity index (χ3n) is 4.31. The molecule has 0 bridgehead atoms. The van der Waals surface area contributed by atoms with E-state index in [9.17, 15) is 0 Å². The van der Waals surface area contributed by atoms with Crippen LogP contribution in [0, 0.1) is 0 Å². The van der Waals surface area contributed by atoms with Crippen molar-refractivity contribution < 1.29 is 4.74 Å². The van der Waals surface area contributed by atoms with Gasteiger partial charge in [-0.1, -0.05) is 24.3 Å². The topological polar surface area (TPSA) is 38.5 Å². The lowest BCUT2D eigenvalue weighted by molar-refractivity contribution is 0.0328. The number of nitrogens with two attached hydrogens (primary N) is 1. The molecule has 2 unspecified atom stereocenters. The Hall–Kier alpha value is -0.900. The van der Waals surface area contributed by atoms with Crippen LogP contribution in [0.3, 0.4) is 0 Å². The van der Waals surface area contributed by atoms with E-state index < -0.39 is 0 Å². The van der Waals surface area contributed by atoms with Crippen molar-refractivity contribution in [3.05, 3.63) is 35.4 Å². The van der Waals surface area contributed by atoms with Crippen LogP contribution in [0.1, 0.15) is 36.8 Å². The monoisotopic (exact) mass is 262 g/mol. The molecule has 0 spiro atoms. The van der Waals surface area contributed by atoms with Crippen molar-refractivity contribution in [3.8, 4) is 0 Å². The average molecular weight is 262 g/mol. The summed E-state index contributed by atoms with van der Waals surface area (Å²) in [5.74, 6) is 0. The van der Waals surface area contributed by atoms with Crippen LogP contribution >= 0.6 is 0 Å². The van der Waals surface area contributed by atoms with Gasteiger partial charge < -0.3 is 10.5 Å². The highest BCUT2D eigenvalue weighted by Gasteiger charge is 2.24. The van der Waals surface area contributed by atoms with Gasteiger partial charge in [0.05, 0.1) is 6.10 Å². The molecule has 3 nitrogen and oxygen atoms in total. The Kier molecular flexibility index (Phi) is 5.37. The van der Waals surface area contributed by atoms with Gasteiger partial charge >= 0.3 is 0 Å². The highest BCUT2D eigenvalue weighted by molar-refractivity contribution is 5.26. The molecule has 1 saturated carbocycles. The van der Waals surface area contributed by atoms with Crippen molar-refractivity contribution in [1.29, 1.82) is 0 Å². The van der Waals surface area contributed by atoms with Crippen LogP contribution in [0.25, 0.3) is 0 Å². The van der Waals surface area contributed by atoms with Gasteiger partial charge in [-0.05, 0) is 43.9 Å². The van der Waals surface area contributed by atoms with Gasteiger partial charge in [0.15, 0.2) is 0 Å². The molecule has 1 aromatic carbocycles. The SMILES string of the molecule is COC1CCCC(N(C)Cc2ccccc2CN)C1. The van der Waals surface area contributed by atoms with Gasteiger partial charge in [0, 0.05) is 26.2 Å². The number of nitrogens with zero attached hydrogens (tertiary/aromatic N) is 1. The minimum atomic E-state index is 0.436. The molecule has 2 N–H and O–H groups in total. The summed E-state index contributed by atoms with van der Waals surface area (Å²) in [6.07, 6.45) is 5.34. The van der Waals surface area contributed by atoms with Crippen molar-refractivity contribution in [3.63, 3.8) is 0 Å². The molecule has 106 valence electrons. The summed E-state index contributed by atoms with van der Waals surface area (Å²) < 4.78 is 5.52.